The number of aryl methyl sites for hydroxylation is 2. The molecule has 0 saturated heterocycles. The van der Waals surface area contributed by atoms with E-state index in [0.29, 0.717) is 33.8 Å². The van der Waals surface area contributed by atoms with Crippen molar-refractivity contribution < 1.29 is 22.8 Å². The number of carbonyl (C=O) groups is 1. The number of benzene rings is 1. The van der Waals surface area contributed by atoms with Gasteiger partial charge in [-0.3, -0.25) is 0 Å². The van der Waals surface area contributed by atoms with Crippen LogP contribution in [0.4, 0.5) is 5.69 Å². The van der Waals surface area contributed by atoms with Crippen LogP contribution in [0.5, 0.6) is 0 Å². The van der Waals surface area contributed by atoms with Gasteiger partial charge in [0.2, 0.25) is 10.0 Å². The molecule has 3 N–H and O–H groups in total. The van der Waals surface area contributed by atoms with Crippen LogP contribution in [0.1, 0.15) is 42.7 Å². The molecule has 1 aliphatic heterocycles. The Labute approximate surface area is 169 Å². The van der Waals surface area contributed by atoms with Crippen molar-refractivity contribution in [3.8, 4) is 11.1 Å². The van der Waals surface area contributed by atoms with Crippen molar-refractivity contribution in [3.05, 3.63) is 35.2 Å². The van der Waals surface area contributed by atoms with Gasteiger partial charge < -0.3 is 14.9 Å². The second kappa shape index (κ2) is 7.31. The van der Waals surface area contributed by atoms with E-state index < -0.39 is 22.0 Å². The minimum Gasteiger partial charge on any atom is -0.479 e. The number of carboxylic acids is 1. The zero-order valence-electron chi connectivity index (χ0n) is 16.2. The highest BCUT2D eigenvalue weighted by molar-refractivity contribution is 7.89. The summed E-state index contributed by atoms with van der Waals surface area (Å²) in [7, 11) is -3.80. The molecule has 2 aliphatic rings. The lowest BCUT2D eigenvalue weighted by Crippen LogP contribution is -2.34. The lowest BCUT2D eigenvalue weighted by atomic mass is 9.98. The Morgan fingerprint density at radius 3 is 2.62 bits per heavy atom. The molecule has 2 heterocycles. The number of hydrogen-bond donors (Lipinski definition) is 3. The van der Waals surface area contributed by atoms with Gasteiger partial charge >= 0.3 is 5.97 Å². The predicted octanol–water partition coefficient (Wildman–Crippen LogP) is 3.07. The molecule has 1 aromatic heterocycles. The molecule has 0 amide bonds. The molecule has 8 nitrogen and oxygen atoms in total. The number of nitrogens with one attached hydrogen (secondary N) is 2. The van der Waals surface area contributed by atoms with Crippen LogP contribution in [0.3, 0.4) is 0 Å². The van der Waals surface area contributed by atoms with Crippen molar-refractivity contribution >= 4 is 27.8 Å². The molecule has 29 heavy (non-hydrogen) atoms. The molecule has 2 aromatic rings. The van der Waals surface area contributed by atoms with E-state index >= 15 is 0 Å². The number of sulfonamides is 1. The molecule has 0 bridgehead atoms. The number of rotatable bonds is 5. The fraction of sp³-hybridized carbons (Fsp3) is 0.400. The molecule has 1 fully saturated rings. The van der Waals surface area contributed by atoms with E-state index in [4.69, 9.17) is 4.52 Å². The third kappa shape index (κ3) is 3.67. The molecule has 1 aliphatic carbocycles. The van der Waals surface area contributed by atoms with E-state index in [1.807, 2.05) is 0 Å². The quantitative estimate of drug-likeness (QED) is 0.683. The minimum absolute atomic E-state index is 0.0781. The summed E-state index contributed by atoms with van der Waals surface area (Å²) in [5.41, 5.74) is 2.84. The molecule has 154 valence electrons. The zero-order chi connectivity index (χ0) is 20.8. The van der Waals surface area contributed by atoms with Gasteiger partial charge in [0.15, 0.2) is 0 Å². The molecule has 1 atom stereocenters. The largest absolute Gasteiger partial charge is 0.479 e. The first-order valence-electron chi connectivity index (χ1n) is 9.57. The normalized spacial score (nSPS) is 19.2. The Kier molecular flexibility index (Phi) is 4.95. The maximum absolute atomic E-state index is 13.2. The number of fused-ring (bicyclic) bond motifs is 1. The molecule has 4 rings (SSSR count). The van der Waals surface area contributed by atoms with E-state index in [2.05, 4.69) is 15.2 Å². The highest BCUT2D eigenvalue weighted by Crippen LogP contribution is 2.37. The fourth-order valence-electron chi connectivity index (χ4n) is 4.06. The number of nitrogens with zero attached hydrogens (tertiary/aromatic N) is 1. The SMILES string of the molecule is Cc1noc(C)c1-c1cc2c(c(S(=O)(=O)NC3CCCC3)c1)C=CC(C(=O)O)N2. The van der Waals surface area contributed by atoms with Crippen molar-refractivity contribution in [2.75, 3.05) is 5.32 Å². The Morgan fingerprint density at radius 2 is 2.00 bits per heavy atom. The van der Waals surface area contributed by atoms with Gasteiger partial charge in [0.25, 0.3) is 0 Å². The summed E-state index contributed by atoms with van der Waals surface area (Å²) in [6.45, 7) is 3.54. The second-order valence-electron chi connectivity index (χ2n) is 7.56. The number of carboxylic acid groups (broad SMARTS) is 1. The molecule has 0 radical (unpaired) electrons. The van der Waals surface area contributed by atoms with Crippen molar-refractivity contribution in [3.63, 3.8) is 0 Å². The molecule has 9 heteroatoms. The van der Waals surface area contributed by atoms with E-state index in [-0.39, 0.29) is 10.9 Å². The van der Waals surface area contributed by atoms with Gasteiger partial charge in [0, 0.05) is 22.9 Å². The van der Waals surface area contributed by atoms with Crippen LogP contribution in [-0.4, -0.2) is 36.7 Å². The van der Waals surface area contributed by atoms with E-state index in [0.717, 1.165) is 25.7 Å². The number of aromatic nitrogens is 1. The van der Waals surface area contributed by atoms with Crippen LogP contribution in [0.25, 0.3) is 17.2 Å². The van der Waals surface area contributed by atoms with Gasteiger partial charge in [0.05, 0.1) is 10.6 Å². The maximum atomic E-state index is 13.2. The monoisotopic (exact) mass is 417 g/mol. The van der Waals surface area contributed by atoms with E-state index in [1.54, 1.807) is 32.1 Å². The fourth-order valence-corrected chi connectivity index (χ4v) is 5.61. The van der Waals surface area contributed by atoms with Gasteiger partial charge in [-0.1, -0.05) is 30.2 Å². The van der Waals surface area contributed by atoms with Crippen molar-refractivity contribution in [1.82, 2.24) is 9.88 Å². The van der Waals surface area contributed by atoms with Gasteiger partial charge in [-0.2, -0.15) is 0 Å². The van der Waals surface area contributed by atoms with Crippen molar-refractivity contribution in [2.24, 2.45) is 0 Å². The lowest BCUT2D eigenvalue weighted by Gasteiger charge is -2.23. The average Bonchev–Trinajstić information content (AvgIpc) is 3.29. The summed E-state index contributed by atoms with van der Waals surface area (Å²) in [4.78, 5) is 11.5. The molecule has 1 saturated carbocycles. The standard InChI is InChI=1S/C20H23N3O5S/c1-11-19(12(2)28-22-11)13-9-17-15(7-8-16(21-17)20(24)25)18(10-13)29(26,27)23-14-5-3-4-6-14/h7-10,14,16,21,23H,3-6H2,1-2H3,(H,24,25). The zero-order valence-corrected chi connectivity index (χ0v) is 17.0. The Morgan fingerprint density at radius 1 is 1.28 bits per heavy atom. The summed E-state index contributed by atoms with van der Waals surface area (Å²) in [6.07, 6.45) is 6.67. The smallest absolute Gasteiger partial charge is 0.330 e. The second-order valence-corrected chi connectivity index (χ2v) is 9.24. The molecule has 1 unspecified atom stereocenters. The van der Waals surface area contributed by atoms with Gasteiger partial charge in [-0.25, -0.2) is 17.9 Å². The maximum Gasteiger partial charge on any atom is 0.330 e. The predicted molar refractivity (Wildman–Crippen MR) is 108 cm³/mol. The van der Waals surface area contributed by atoms with Crippen LogP contribution >= 0.6 is 0 Å². The average molecular weight is 417 g/mol. The number of aliphatic carboxylic acids is 1. The van der Waals surface area contributed by atoms with Gasteiger partial charge in [-0.15, -0.1) is 0 Å². The number of anilines is 1. The van der Waals surface area contributed by atoms with Crippen molar-refractivity contribution in [1.29, 1.82) is 0 Å². The topological polar surface area (TPSA) is 122 Å². The van der Waals surface area contributed by atoms with Crippen LogP contribution in [0.15, 0.2) is 27.6 Å². The Balaban J connectivity index is 1.86. The highest BCUT2D eigenvalue weighted by Gasteiger charge is 2.30. The van der Waals surface area contributed by atoms with E-state index in [1.165, 1.54) is 6.08 Å². The summed E-state index contributed by atoms with van der Waals surface area (Å²) in [5.74, 6) is -0.473. The van der Waals surface area contributed by atoms with Gasteiger partial charge in [0.1, 0.15) is 11.8 Å². The summed E-state index contributed by atoms with van der Waals surface area (Å²) in [5, 5.41) is 16.2. The summed E-state index contributed by atoms with van der Waals surface area (Å²) >= 11 is 0. The Bertz CT molecular complexity index is 1080. The summed E-state index contributed by atoms with van der Waals surface area (Å²) in [6, 6.07) is 2.34. The molecular weight excluding hydrogens is 394 g/mol. The lowest BCUT2D eigenvalue weighted by molar-refractivity contribution is -0.136. The molecule has 0 spiro atoms. The first kappa shape index (κ1) is 19.7. The van der Waals surface area contributed by atoms with Crippen molar-refractivity contribution in [2.45, 2.75) is 56.5 Å². The first-order chi connectivity index (χ1) is 13.8. The highest BCUT2D eigenvalue weighted by atomic mass is 32.2. The van der Waals surface area contributed by atoms with Crippen LogP contribution in [0.2, 0.25) is 0 Å². The summed E-state index contributed by atoms with van der Waals surface area (Å²) < 4.78 is 34.5. The third-order valence-electron chi connectivity index (χ3n) is 5.46. The Hall–Kier alpha value is -2.65. The van der Waals surface area contributed by atoms with E-state index in [9.17, 15) is 18.3 Å². The first-order valence-corrected chi connectivity index (χ1v) is 11.1. The molecular formula is C20H23N3O5S. The van der Waals surface area contributed by atoms with Crippen LogP contribution < -0.4 is 10.0 Å². The number of hydrogen-bond acceptors (Lipinski definition) is 6. The van der Waals surface area contributed by atoms with Crippen LogP contribution in [0, 0.1) is 13.8 Å². The third-order valence-corrected chi connectivity index (χ3v) is 7.02. The van der Waals surface area contributed by atoms with Crippen LogP contribution in [-0.2, 0) is 14.8 Å². The van der Waals surface area contributed by atoms with Gasteiger partial charge in [-0.05, 0) is 44.4 Å². The molecule has 1 aromatic carbocycles. The minimum atomic E-state index is -3.80.